The van der Waals surface area contributed by atoms with Crippen LogP contribution in [0.1, 0.15) is 12.8 Å². The fourth-order valence-electron chi connectivity index (χ4n) is 3.04. The highest BCUT2D eigenvalue weighted by Crippen LogP contribution is 2.23. The van der Waals surface area contributed by atoms with Gasteiger partial charge in [-0.1, -0.05) is 0 Å². The Morgan fingerprint density at radius 3 is 2.03 bits per heavy atom. The minimum Gasteiger partial charge on any atom is -0.280 e. The molecule has 1 aliphatic rings. The van der Waals surface area contributed by atoms with Crippen molar-refractivity contribution in [1.82, 2.24) is 24.5 Å². The summed E-state index contributed by atoms with van der Waals surface area (Å²) in [5.74, 6) is 0. The second kappa shape index (κ2) is 7.54. The summed E-state index contributed by atoms with van der Waals surface area (Å²) in [7, 11) is -7.45. The molecule has 152 valence electrons. The molecule has 2 aromatic carbocycles. The van der Waals surface area contributed by atoms with E-state index in [1.54, 1.807) is 24.3 Å². The molecule has 0 unspecified atom stereocenters. The van der Waals surface area contributed by atoms with Gasteiger partial charge in [0.2, 0.25) is 10.0 Å². The van der Waals surface area contributed by atoms with Crippen molar-refractivity contribution in [3.05, 3.63) is 54.9 Å². The third-order valence-corrected chi connectivity index (χ3v) is 7.88. The standard InChI is InChI=1S/C17H18N6O4S2/c24-28(25,19-14-3-5-15(6-4-14)23-13-18-20-21-23)16-7-9-17(10-8-16)29(26,27)22-11-1-2-12-22/h3-10,13,19H,1-2,11-12H2. The summed E-state index contributed by atoms with van der Waals surface area (Å²) in [5, 5.41) is 10.8. The highest BCUT2D eigenvalue weighted by atomic mass is 32.2. The molecule has 29 heavy (non-hydrogen) atoms. The summed E-state index contributed by atoms with van der Waals surface area (Å²) < 4.78 is 55.7. The van der Waals surface area contributed by atoms with Gasteiger partial charge in [0.15, 0.2) is 0 Å². The molecule has 10 nitrogen and oxygen atoms in total. The first kappa shape index (κ1) is 19.5. The van der Waals surface area contributed by atoms with Gasteiger partial charge in [0, 0.05) is 18.8 Å². The van der Waals surface area contributed by atoms with Crippen LogP contribution in [0.4, 0.5) is 5.69 Å². The van der Waals surface area contributed by atoms with Gasteiger partial charge in [-0.15, -0.1) is 5.10 Å². The lowest BCUT2D eigenvalue weighted by molar-refractivity contribution is 0.477. The van der Waals surface area contributed by atoms with Gasteiger partial charge in [0.1, 0.15) is 6.33 Å². The van der Waals surface area contributed by atoms with E-state index in [4.69, 9.17) is 0 Å². The number of benzene rings is 2. The van der Waals surface area contributed by atoms with Crippen LogP contribution in [0.25, 0.3) is 5.69 Å². The molecular formula is C17H18N6O4S2. The molecule has 0 spiro atoms. The largest absolute Gasteiger partial charge is 0.280 e. The van der Waals surface area contributed by atoms with E-state index in [1.807, 2.05) is 0 Å². The number of tetrazole rings is 1. The maximum atomic E-state index is 12.6. The molecule has 1 fully saturated rings. The SMILES string of the molecule is O=S(=O)(Nc1ccc(-n2cnnn2)cc1)c1ccc(S(=O)(=O)N2CCCC2)cc1. The zero-order chi connectivity index (χ0) is 20.5. The van der Waals surface area contributed by atoms with Gasteiger partial charge >= 0.3 is 0 Å². The van der Waals surface area contributed by atoms with Gasteiger partial charge in [-0.25, -0.2) is 21.5 Å². The molecule has 0 bridgehead atoms. The van der Waals surface area contributed by atoms with E-state index in [0.29, 0.717) is 24.5 Å². The fourth-order valence-corrected chi connectivity index (χ4v) is 5.62. The monoisotopic (exact) mass is 434 g/mol. The van der Waals surface area contributed by atoms with Crippen molar-refractivity contribution in [2.45, 2.75) is 22.6 Å². The van der Waals surface area contributed by atoms with Gasteiger partial charge in [-0.05, 0) is 71.8 Å². The Kier molecular flexibility index (Phi) is 5.06. The second-order valence-corrected chi connectivity index (χ2v) is 10.1. The van der Waals surface area contributed by atoms with Crippen molar-refractivity contribution in [3.8, 4) is 5.69 Å². The first-order valence-corrected chi connectivity index (χ1v) is 11.8. The molecular weight excluding hydrogens is 416 g/mol. The van der Waals surface area contributed by atoms with Crippen LogP contribution >= 0.6 is 0 Å². The summed E-state index contributed by atoms with van der Waals surface area (Å²) in [6.45, 7) is 0.981. The van der Waals surface area contributed by atoms with E-state index in [9.17, 15) is 16.8 Å². The molecule has 0 aliphatic carbocycles. The predicted octanol–water partition coefficient (Wildman–Crippen LogP) is 1.25. The van der Waals surface area contributed by atoms with E-state index >= 15 is 0 Å². The van der Waals surface area contributed by atoms with E-state index < -0.39 is 20.0 Å². The van der Waals surface area contributed by atoms with Crippen molar-refractivity contribution < 1.29 is 16.8 Å². The number of hydrogen-bond donors (Lipinski definition) is 1. The number of hydrogen-bond acceptors (Lipinski definition) is 7. The lowest BCUT2D eigenvalue weighted by Crippen LogP contribution is -2.27. The normalized spacial score (nSPS) is 15.4. The quantitative estimate of drug-likeness (QED) is 0.618. The zero-order valence-corrected chi connectivity index (χ0v) is 16.8. The van der Waals surface area contributed by atoms with Crippen molar-refractivity contribution in [3.63, 3.8) is 0 Å². The zero-order valence-electron chi connectivity index (χ0n) is 15.2. The first-order valence-electron chi connectivity index (χ1n) is 8.83. The highest BCUT2D eigenvalue weighted by Gasteiger charge is 2.27. The minimum absolute atomic E-state index is 0.0255. The molecule has 1 aromatic heterocycles. The Balaban J connectivity index is 1.51. The van der Waals surface area contributed by atoms with Crippen molar-refractivity contribution in [2.75, 3.05) is 17.8 Å². The predicted molar refractivity (Wildman–Crippen MR) is 104 cm³/mol. The summed E-state index contributed by atoms with van der Waals surface area (Å²) in [4.78, 5) is 0.0616. The summed E-state index contributed by atoms with van der Waals surface area (Å²) in [6.07, 6.45) is 3.10. The lowest BCUT2D eigenvalue weighted by atomic mass is 10.3. The van der Waals surface area contributed by atoms with Crippen LogP contribution in [0, 0.1) is 0 Å². The summed E-state index contributed by atoms with van der Waals surface area (Å²) in [5.41, 5.74) is 1.03. The molecule has 0 saturated carbocycles. The smallest absolute Gasteiger partial charge is 0.261 e. The topological polar surface area (TPSA) is 127 Å². The Bertz CT molecular complexity index is 1190. The summed E-state index contributed by atoms with van der Waals surface area (Å²) in [6, 6.07) is 11.7. The van der Waals surface area contributed by atoms with E-state index in [2.05, 4.69) is 20.2 Å². The third kappa shape index (κ3) is 3.99. The molecule has 1 saturated heterocycles. The van der Waals surface area contributed by atoms with Crippen LogP contribution < -0.4 is 4.72 Å². The Labute approximate surface area is 168 Å². The summed E-state index contributed by atoms with van der Waals surface area (Å²) >= 11 is 0. The maximum absolute atomic E-state index is 12.6. The molecule has 4 rings (SSSR count). The maximum Gasteiger partial charge on any atom is 0.261 e. The van der Waals surface area contributed by atoms with E-state index in [-0.39, 0.29) is 9.79 Å². The number of aromatic nitrogens is 4. The van der Waals surface area contributed by atoms with Crippen LogP contribution in [-0.4, -0.2) is 54.4 Å². The number of nitrogens with zero attached hydrogens (tertiary/aromatic N) is 5. The highest BCUT2D eigenvalue weighted by molar-refractivity contribution is 7.92. The van der Waals surface area contributed by atoms with E-state index in [0.717, 1.165) is 12.8 Å². The number of sulfonamides is 2. The Morgan fingerprint density at radius 1 is 0.828 bits per heavy atom. The van der Waals surface area contributed by atoms with Gasteiger partial charge in [0.25, 0.3) is 10.0 Å². The Hall–Kier alpha value is -2.83. The van der Waals surface area contributed by atoms with Gasteiger partial charge in [-0.2, -0.15) is 4.31 Å². The molecule has 1 aliphatic heterocycles. The van der Waals surface area contributed by atoms with Gasteiger partial charge in [0.05, 0.1) is 15.5 Å². The molecule has 12 heteroatoms. The van der Waals surface area contributed by atoms with E-state index in [1.165, 1.54) is 39.6 Å². The van der Waals surface area contributed by atoms with Crippen LogP contribution in [0.2, 0.25) is 0 Å². The average Bonchev–Trinajstić information content (AvgIpc) is 3.43. The number of rotatable bonds is 6. The van der Waals surface area contributed by atoms with Crippen molar-refractivity contribution in [2.24, 2.45) is 0 Å². The molecule has 1 N–H and O–H groups in total. The van der Waals surface area contributed by atoms with Crippen LogP contribution in [0.3, 0.4) is 0 Å². The molecule has 3 aromatic rings. The average molecular weight is 435 g/mol. The van der Waals surface area contributed by atoms with Crippen LogP contribution in [-0.2, 0) is 20.0 Å². The van der Waals surface area contributed by atoms with Crippen molar-refractivity contribution >= 4 is 25.7 Å². The third-order valence-electron chi connectivity index (χ3n) is 4.57. The van der Waals surface area contributed by atoms with Crippen LogP contribution in [0.5, 0.6) is 0 Å². The first-order chi connectivity index (χ1) is 13.9. The second-order valence-electron chi connectivity index (χ2n) is 6.49. The minimum atomic E-state index is -3.87. The molecule has 0 atom stereocenters. The molecule has 2 heterocycles. The molecule has 0 amide bonds. The lowest BCUT2D eigenvalue weighted by Gasteiger charge is -2.15. The van der Waals surface area contributed by atoms with Crippen LogP contribution in [0.15, 0.2) is 64.6 Å². The van der Waals surface area contributed by atoms with Gasteiger partial charge < -0.3 is 0 Å². The number of nitrogens with one attached hydrogen (secondary N) is 1. The molecule has 0 radical (unpaired) electrons. The number of anilines is 1. The Morgan fingerprint density at radius 2 is 1.45 bits per heavy atom. The van der Waals surface area contributed by atoms with Gasteiger partial charge in [-0.3, -0.25) is 4.72 Å². The van der Waals surface area contributed by atoms with Crippen molar-refractivity contribution in [1.29, 1.82) is 0 Å². The fraction of sp³-hybridized carbons (Fsp3) is 0.235.